The van der Waals surface area contributed by atoms with Gasteiger partial charge >= 0.3 is 6.03 Å². The second-order valence-corrected chi connectivity index (χ2v) is 7.61. The first-order chi connectivity index (χ1) is 15.5. The Morgan fingerprint density at radius 3 is 2.69 bits per heavy atom. The molecule has 0 aliphatic carbocycles. The summed E-state index contributed by atoms with van der Waals surface area (Å²) in [6.45, 7) is 0.613. The van der Waals surface area contributed by atoms with E-state index in [1.807, 2.05) is 36.4 Å². The molecule has 4 amide bonds. The summed E-state index contributed by atoms with van der Waals surface area (Å²) in [5.74, 6) is 1.02. The van der Waals surface area contributed by atoms with E-state index in [9.17, 15) is 14.4 Å². The average Bonchev–Trinajstić information content (AvgIpc) is 3.33. The Labute approximate surface area is 185 Å². The number of amides is 4. The molecule has 1 aromatic heterocycles. The lowest BCUT2D eigenvalue weighted by atomic mass is 10.1. The van der Waals surface area contributed by atoms with E-state index < -0.39 is 12.1 Å². The van der Waals surface area contributed by atoms with Gasteiger partial charge in [0, 0.05) is 19.4 Å². The summed E-state index contributed by atoms with van der Waals surface area (Å²) in [6.07, 6.45) is 0.975. The number of rotatable bonds is 9. The van der Waals surface area contributed by atoms with E-state index in [4.69, 9.17) is 4.74 Å². The van der Waals surface area contributed by atoms with Crippen LogP contribution >= 0.6 is 0 Å². The van der Waals surface area contributed by atoms with Crippen LogP contribution in [0.5, 0.6) is 5.75 Å². The molecule has 0 unspecified atom stereocenters. The molecule has 166 valence electrons. The third kappa shape index (κ3) is 4.88. The monoisotopic (exact) mass is 435 g/mol. The fourth-order valence-corrected chi connectivity index (χ4v) is 3.64. The number of para-hydroxylation sites is 2. The van der Waals surface area contributed by atoms with Gasteiger partial charge in [0.2, 0.25) is 5.91 Å². The first-order valence-corrected chi connectivity index (χ1v) is 10.5. The Kier molecular flexibility index (Phi) is 6.34. The number of methoxy groups -OCH3 is 1. The third-order valence-electron chi connectivity index (χ3n) is 5.39. The van der Waals surface area contributed by atoms with Gasteiger partial charge in [-0.2, -0.15) is 0 Å². The number of imidazole rings is 1. The van der Waals surface area contributed by atoms with Gasteiger partial charge in [0.05, 0.1) is 24.7 Å². The lowest BCUT2D eigenvalue weighted by Gasteiger charge is -2.13. The van der Waals surface area contributed by atoms with Crippen molar-refractivity contribution in [3.63, 3.8) is 0 Å². The molecule has 1 saturated heterocycles. The number of imide groups is 1. The summed E-state index contributed by atoms with van der Waals surface area (Å²) < 4.78 is 5.12. The van der Waals surface area contributed by atoms with Gasteiger partial charge in [-0.05, 0) is 36.2 Å². The first-order valence-electron chi connectivity index (χ1n) is 10.5. The molecule has 32 heavy (non-hydrogen) atoms. The lowest BCUT2D eigenvalue weighted by Crippen LogP contribution is -2.33. The predicted molar refractivity (Wildman–Crippen MR) is 118 cm³/mol. The maximum atomic E-state index is 12.6. The van der Waals surface area contributed by atoms with Crippen LogP contribution in [0.2, 0.25) is 0 Å². The van der Waals surface area contributed by atoms with Gasteiger partial charge in [0.25, 0.3) is 5.91 Å². The summed E-state index contributed by atoms with van der Waals surface area (Å²) in [4.78, 5) is 45.9. The minimum Gasteiger partial charge on any atom is -0.497 e. The maximum absolute atomic E-state index is 12.6. The van der Waals surface area contributed by atoms with Crippen LogP contribution in [0.25, 0.3) is 11.0 Å². The van der Waals surface area contributed by atoms with Gasteiger partial charge in [-0.1, -0.05) is 24.3 Å². The molecule has 0 saturated carbocycles. The molecule has 2 aromatic carbocycles. The Morgan fingerprint density at radius 2 is 1.94 bits per heavy atom. The second-order valence-electron chi connectivity index (χ2n) is 7.61. The lowest BCUT2D eigenvalue weighted by molar-refractivity contribution is -0.128. The smallest absolute Gasteiger partial charge is 0.325 e. The molecule has 0 spiro atoms. The largest absolute Gasteiger partial charge is 0.497 e. The molecular weight excluding hydrogens is 410 g/mol. The van der Waals surface area contributed by atoms with Crippen molar-refractivity contribution in [1.82, 2.24) is 25.5 Å². The summed E-state index contributed by atoms with van der Waals surface area (Å²) in [5, 5.41) is 5.51. The van der Waals surface area contributed by atoms with Crippen LogP contribution in [0.3, 0.4) is 0 Å². The zero-order valence-electron chi connectivity index (χ0n) is 17.8. The van der Waals surface area contributed by atoms with Gasteiger partial charge in [-0.25, -0.2) is 9.78 Å². The van der Waals surface area contributed by atoms with Crippen molar-refractivity contribution in [2.75, 3.05) is 13.7 Å². The number of fused-ring (bicyclic) bond motifs is 1. The Hall–Kier alpha value is -3.88. The van der Waals surface area contributed by atoms with Crippen LogP contribution in [0.1, 0.15) is 24.2 Å². The average molecular weight is 435 g/mol. The number of aromatic nitrogens is 2. The Morgan fingerprint density at radius 1 is 1.16 bits per heavy atom. The summed E-state index contributed by atoms with van der Waals surface area (Å²) in [7, 11) is 1.58. The standard InChI is InChI=1S/C23H25N5O4/c1-32-16-8-6-15(7-9-16)14-28-22(30)19(27-23(28)31)10-11-21(29)24-13-12-20-25-17-4-2-3-5-18(17)26-20/h2-9,19H,10-14H2,1H3,(H,24,29)(H,25,26)(H,27,31)/t19-/m0/s1. The number of carbonyl (C=O) groups excluding carboxylic acids is 3. The van der Waals surface area contributed by atoms with Gasteiger partial charge in [0.1, 0.15) is 17.6 Å². The molecular formula is C23H25N5O4. The van der Waals surface area contributed by atoms with Crippen LogP contribution in [-0.2, 0) is 22.6 Å². The van der Waals surface area contributed by atoms with Crippen LogP contribution in [0.15, 0.2) is 48.5 Å². The Bertz CT molecular complexity index is 1090. The van der Waals surface area contributed by atoms with E-state index in [2.05, 4.69) is 20.6 Å². The molecule has 9 heteroatoms. The number of hydrogen-bond donors (Lipinski definition) is 3. The normalized spacial score (nSPS) is 15.8. The zero-order valence-corrected chi connectivity index (χ0v) is 17.8. The molecule has 1 fully saturated rings. The highest BCUT2D eigenvalue weighted by Crippen LogP contribution is 2.17. The highest BCUT2D eigenvalue weighted by atomic mass is 16.5. The molecule has 9 nitrogen and oxygen atoms in total. The van der Waals surface area contributed by atoms with Crippen molar-refractivity contribution in [1.29, 1.82) is 0 Å². The predicted octanol–water partition coefficient (Wildman–Crippen LogP) is 2.13. The van der Waals surface area contributed by atoms with Crippen molar-refractivity contribution in [3.05, 3.63) is 59.9 Å². The van der Waals surface area contributed by atoms with Gasteiger partial charge in [-0.3, -0.25) is 14.5 Å². The van der Waals surface area contributed by atoms with Crippen LogP contribution < -0.4 is 15.4 Å². The fourth-order valence-electron chi connectivity index (χ4n) is 3.64. The molecule has 1 atom stereocenters. The van der Waals surface area contributed by atoms with E-state index >= 15 is 0 Å². The molecule has 4 rings (SSSR count). The van der Waals surface area contributed by atoms with E-state index in [0.717, 1.165) is 22.4 Å². The molecule has 0 radical (unpaired) electrons. The van der Waals surface area contributed by atoms with E-state index in [0.29, 0.717) is 18.7 Å². The number of nitrogens with zero attached hydrogens (tertiary/aromatic N) is 2. The minimum absolute atomic E-state index is 0.146. The number of benzene rings is 2. The Balaban J connectivity index is 1.22. The number of nitrogens with one attached hydrogen (secondary N) is 3. The minimum atomic E-state index is -0.693. The van der Waals surface area contributed by atoms with E-state index in [1.54, 1.807) is 19.2 Å². The van der Waals surface area contributed by atoms with Crippen LogP contribution in [0, 0.1) is 0 Å². The number of ether oxygens (including phenoxy) is 1. The highest BCUT2D eigenvalue weighted by Gasteiger charge is 2.37. The molecule has 2 heterocycles. The maximum Gasteiger partial charge on any atom is 0.325 e. The first kappa shape index (κ1) is 21.4. The van der Waals surface area contributed by atoms with Crippen molar-refractivity contribution >= 4 is 28.9 Å². The van der Waals surface area contributed by atoms with E-state index in [-0.39, 0.29) is 31.2 Å². The van der Waals surface area contributed by atoms with Crippen LogP contribution in [0.4, 0.5) is 4.79 Å². The number of H-pyrrole nitrogens is 1. The highest BCUT2D eigenvalue weighted by molar-refractivity contribution is 6.04. The number of urea groups is 1. The molecule has 3 N–H and O–H groups in total. The molecule has 0 bridgehead atoms. The van der Waals surface area contributed by atoms with Gasteiger partial charge < -0.3 is 20.4 Å². The van der Waals surface area contributed by atoms with Crippen molar-refractivity contribution in [2.45, 2.75) is 31.8 Å². The number of carbonyl (C=O) groups is 3. The quantitative estimate of drug-likeness (QED) is 0.445. The second kappa shape index (κ2) is 9.51. The SMILES string of the molecule is COc1ccc(CN2C(=O)N[C@@H](CCC(=O)NCCc3nc4ccccc4[nH]3)C2=O)cc1. The summed E-state index contributed by atoms with van der Waals surface area (Å²) in [6, 6.07) is 13.8. The number of aromatic amines is 1. The van der Waals surface area contributed by atoms with Crippen molar-refractivity contribution in [3.8, 4) is 5.75 Å². The topological polar surface area (TPSA) is 116 Å². The zero-order chi connectivity index (χ0) is 22.5. The summed E-state index contributed by atoms with van der Waals surface area (Å²) >= 11 is 0. The van der Waals surface area contributed by atoms with Gasteiger partial charge in [0.15, 0.2) is 0 Å². The van der Waals surface area contributed by atoms with Crippen molar-refractivity contribution in [2.24, 2.45) is 0 Å². The van der Waals surface area contributed by atoms with Gasteiger partial charge in [-0.15, -0.1) is 0 Å². The van der Waals surface area contributed by atoms with Crippen molar-refractivity contribution < 1.29 is 19.1 Å². The van der Waals surface area contributed by atoms with Crippen LogP contribution in [-0.4, -0.2) is 52.4 Å². The summed E-state index contributed by atoms with van der Waals surface area (Å²) in [5.41, 5.74) is 2.67. The molecule has 1 aliphatic rings. The molecule has 1 aliphatic heterocycles. The fraction of sp³-hybridized carbons (Fsp3) is 0.304. The molecule has 3 aromatic rings. The number of hydrogen-bond acceptors (Lipinski definition) is 5. The third-order valence-corrected chi connectivity index (χ3v) is 5.39. The van der Waals surface area contributed by atoms with E-state index in [1.165, 1.54) is 4.90 Å².